The Morgan fingerprint density at radius 3 is 2.23 bits per heavy atom. The highest BCUT2D eigenvalue weighted by Gasteiger charge is 2.29. The standard InChI is InChI=1S/C25H18N4O6/c30-23(27-14-9-10-20(24(31)32)26-12-14)21-11-22(35-29-21)28-25(33)34-13-19-17-7-3-1-5-15(17)16-6-2-4-8-18(16)19/h1-12,19H,13H2,(H,27,30)(H,28,33)(H,31,32). The van der Waals surface area contributed by atoms with Crippen molar-refractivity contribution in [1.29, 1.82) is 0 Å². The highest BCUT2D eigenvalue weighted by atomic mass is 16.6. The summed E-state index contributed by atoms with van der Waals surface area (Å²) in [6, 6.07) is 19.9. The number of pyridine rings is 1. The number of amides is 2. The average Bonchev–Trinajstić information content (AvgIpc) is 3.46. The summed E-state index contributed by atoms with van der Waals surface area (Å²) >= 11 is 0. The van der Waals surface area contributed by atoms with Crippen LogP contribution in [-0.4, -0.2) is 39.8 Å². The van der Waals surface area contributed by atoms with E-state index in [1.54, 1.807) is 0 Å². The minimum Gasteiger partial charge on any atom is -0.477 e. The molecule has 2 aromatic heterocycles. The van der Waals surface area contributed by atoms with Crippen LogP contribution in [0.4, 0.5) is 16.4 Å². The van der Waals surface area contributed by atoms with E-state index in [1.165, 1.54) is 24.4 Å². The number of nitrogens with one attached hydrogen (secondary N) is 2. The molecule has 3 N–H and O–H groups in total. The third kappa shape index (κ3) is 4.44. The van der Waals surface area contributed by atoms with Crippen LogP contribution in [0.5, 0.6) is 0 Å². The molecule has 0 saturated carbocycles. The van der Waals surface area contributed by atoms with Gasteiger partial charge in [-0.15, -0.1) is 0 Å². The number of hydrogen-bond acceptors (Lipinski definition) is 7. The van der Waals surface area contributed by atoms with Gasteiger partial charge in [-0.3, -0.25) is 10.1 Å². The molecular formula is C25H18N4O6. The van der Waals surface area contributed by atoms with Gasteiger partial charge in [0, 0.05) is 12.0 Å². The summed E-state index contributed by atoms with van der Waals surface area (Å²) in [5.41, 5.74) is 4.44. The van der Waals surface area contributed by atoms with Crippen molar-refractivity contribution in [3.8, 4) is 11.1 Å². The SMILES string of the molecule is O=C(Nc1cc(C(=O)Nc2ccc(C(=O)O)nc2)no1)OCC1c2ccccc2-c2ccccc21. The number of carbonyl (C=O) groups excluding carboxylic acids is 2. The summed E-state index contributed by atoms with van der Waals surface area (Å²) in [5, 5.41) is 17.5. The Balaban J connectivity index is 1.19. The van der Waals surface area contributed by atoms with Crippen molar-refractivity contribution in [2.75, 3.05) is 17.2 Å². The lowest BCUT2D eigenvalue weighted by atomic mass is 9.98. The van der Waals surface area contributed by atoms with Gasteiger partial charge in [0.2, 0.25) is 5.88 Å². The summed E-state index contributed by atoms with van der Waals surface area (Å²) in [7, 11) is 0. The molecule has 0 unspecified atom stereocenters. The van der Waals surface area contributed by atoms with E-state index in [0.29, 0.717) is 0 Å². The lowest BCUT2D eigenvalue weighted by Crippen LogP contribution is -2.17. The van der Waals surface area contributed by atoms with Crippen LogP contribution >= 0.6 is 0 Å². The Hall–Kier alpha value is -4.99. The maximum atomic E-state index is 12.4. The maximum Gasteiger partial charge on any atom is 0.414 e. The van der Waals surface area contributed by atoms with Gasteiger partial charge >= 0.3 is 12.1 Å². The molecular weight excluding hydrogens is 452 g/mol. The highest BCUT2D eigenvalue weighted by Crippen LogP contribution is 2.44. The fraction of sp³-hybridized carbons (Fsp3) is 0.0800. The van der Waals surface area contributed by atoms with Crippen LogP contribution in [0.2, 0.25) is 0 Å². The number of nitrogens with zero attached hydrogens (tertiary/aromatic N) is 2. The van der Waals surface area contributed by atoms with E-state index in [0.717, 1.165) is 22.3 Å². The summed E-state index contributed by atoms with van der Waals surface area (Å²) in [6.07, 6.45) is 0.459. The fourth-order valence-corrected chi connectivity index (χ4v) is 3.97. The Morgan fingerprint density at radius 2 is 1.60 bits per heavy atom. The van der Waals surface area contributed by atoms with Gasteiger partial charge in [0.1, 0.15) is 12.3 Å². The van der Waals surface area contributed by atoms with Gasteiger partial charge in [0.25, 0.3) is 5.91 Å². The predicted molar refractivity (Wildman–Crippen MR) is 124 cm³/mol. The van der Waals surface area contributed by atoms with Crippen molar-refractivity contribution in [3.05, 3.63) is 95.4 Å². The monoisotopic (exact) mass is 470 g/mol. The van der Waals surface area contributed by atoms with Crippen LogP contribution < -0.4 is 10.6 Å². The number of rotatable bonds is 6. The number of carboxylic acid groups (broad SMARTS) is 1. The van der Waals surface area contributed by atoms with Crippen molar-refractivity contribution in [3.63, 3.8) is 0 Å². The van der Waals surface area contributed by atoms with Crippen LogP contribution in [0.1, 0.15) is 38.0 Å². The van der Waals surface area contributed by atoms with Crippen LogP contribution in [0.3, 0.4) is 0 Å². The van der Waals surface area contributed by atoms with Crippen molar-refractivity contribution < 1.29 is 28.8 Å². The second kappa shape index (κ2) is 9.10. The molecule has 0 fully saturated rings. The first-order chi connectivity index (χ1) is 17.0. The first-order valence-electron chi connectivity index (χ1n) is 10.6. The fourth-order valence-electron chi connectivity index (χ4n) is 3.97. The van der Waals surface area contributed by atoms with Crippen molar-refractivity contribution in [2.45, 2.75) is 5.92 Å². The van der Waals surface area contributed by atoms with Crippen LogP contribution in [0.25, 0.3) is 11.1 Å². The Bertz CT molecular complexity index is 1380. The molecule has 0 aliphatic heterocycles. The number of aromatic nitrogens is 2. The molecule has 10 heteroatoms. The van der Waals surface area contributed by atoms with E-state index in [4.69, 9.17) is 14.4 Å². The van der Waals surface area contributed by atoms with E-state index in [-0.39, 0.29) is 35.5 Å². The molecule has 2 heterocycles. The zero-order valence-electron chi connectivity index (χ0n) is 18.1. The molecule has 35 heavy (non-hydrogen) atoms. The predicted octanol–water partition coefficient (Wildman–Crippen LogP) is 4.38. The number of fused-ring (bicyclic) bond motifs is 3. The van der Waals surface area contributed by atoms with Gasteiger partial charge in [-0.2, -0.15) is 0 Å². The molecule has 174 valence electrons. The first kappa shape index (κ1) is 21.8. The van der Waals surface area contributed by atoms with Gasteiger partial charge in [0.15, 0.2) is 5.69 Å². The summed E-state index contributed by atoms with van der Waals surface area (Å²) in [6.45, 7) is 0.126. The number of ether oxygens (including phenoxy) is 1. The van der Waals surface area contributed by atoms with E-state index in [2.05, 4.69) is 20.8 Å². The number of carbonyl (C=O) groups is 3. The Labute approximate surface area is 198 Å². The van der Waals surface area contributed by atoms with Crippen LogP contribution in [0, 0.1) is 0 Å². The van der Waals surface area contributed by atoms with Gasteiger partial charge in [-0.05, 0) is 34.4 Å². The maximum absolute atomic E-state index is 12.4. The topological polar surface area (TPSA) is 144 Å². The second-order valence-corrected chi connectivity index (χ2v) is 7.72. The number of benzene rings is 2. The normalized spacial score (nSPS) is 11.9. The summed E-state index contributed by atoms with van der Waals surface area (Å²) in [4.78, 5) is 39.3. The third-order valence-corrected chi connectivity index (χ3v) is 5.55. The van der Waals surface area contributed by atoms with Crippen LogP contribution in [-0.2, 0) is 4.74 Å². The molecule has 0 atom stereocenters. The van der Waals surface area contributed by atoms with Gasteiger partial charge in [-0.1, -0.05) is 53.7 Å². The second-order valence-electron chi connectivity index (χ2n) is 7.72. The molecule has 10 nitrogen and oxygen atoms in total. The molecule has 4 aromatic rings. The van der Waals surface area contributed by atoms with Gasteiger partial charge < -0.3 is 19.7 Å². The molecule has 0 radical (unpaired) electrons. The van der Waals surface area contributed by atoms with E-state index >= 15 is 0 Å². The lowest BCUT2D eigenvalue weighted by Gasteiger charge is -2.13. The van der Waals surface area contributed by atoms with E-state index < -0.39 is 18.0 Å². The molecule has 0 spiro atoms. The zero-order chi connectivity index (χ0) is 24.4. The van der Waals surface area contributed by atoms with Crippen molar-refractivity contribution in [1.82, 2.24) is 10.1 Å². The summed E-state index contributed by atoms with van der Waals surface area (Å²) in [5.74, 6) is -1.96. The number of aromatic carboxylic acids is 1. The third-order valence-electron chi connectivity index (χ3n) is 5.55. The molecule has 5 rings (SSSR count). The average molecular weight is 470 g/mol. The summed E-state index contributed by atoms with van der Waals surface area (Å²) < 4.78 is 10.5. The quantitative estimate of drug-likeness (QED) is 0.377. The van der Waals surface area contributed by atoms with Crippen LogP contribution in [0.15, 0.2) is 77.4 Å². The lowest BCUT2D eigenvalue weighted by molar-refractivity contribution is 0.0690. The zero-order valence-corrected chi connectivity index (χ0v) is 18.1. The minimum absolute atomic E-state index is 0.0632. The smallest absolute Gasteiger partial charge is 0.414 e. The highest BCUT2D eigenvalue weighted by molar-refractivity contribution is 6.03. The van der Waals surface area contributed by atoms with Gasteiger partial charge in [-0.25, -0.2) is 14.6 Å². The molecule has 1 aliphatic rings. The Morgan fingerprint density at radius 1 is 0.914 bits per heavy atom. The molecule has 1 aliphatic carbocycles. The van der Waals surface area contributed by atoms with Gasteiger partial charge in [0.05, 0.1) is 11.9 Å². The van der Waals surface area contributed by atoms with Crippen molar-refractivity contribution >= 4 is 29.5 Å². The molecule has 0 saturated heterocycles. The largest absolute Gasteiger partial charge is 0.477 e. The molecule has 2 amide bonds. The van der Waals surface area contributed by atoms with E-state index in [1.807, 2.05) is 48.5 Å². The minimum atomic E-state index is -1.18. The van der Waals surface area contributed by atoms with Crippen molar-refractivity contribution in [2.24, 2.45) is 0 Å². The van der Waals surface area contributed by atoms with E-state index in [9.17, 15) is 14.4 Å². The number of hydrogen-bond donors (Lipinski definition) is 3. The number of anilines is 2. The molecule has 0 bridgehead atoms. The first-order valence-corrected chi connectivity index (χ1v) is 10.6. The Kier molecular flexibility index (Phi) is 5.68. The molecule has 2 aromatic carbocycles. The number of carboxylic acids is 1.